The second kappa shape index (κ2) is 8.06. The first-order valence-corrected chi connectivity index (χ1v) is 10.0. The first-order valence-electron chi connectivity index (χ1n) is 9.14. The van der Waals surface area contributed by atoms with Gasteiger partial charge < -0.3 is 10.2 Å². The van der Waals surface area contributed by atoms with Crippen LogP contribution in [0.2, 0.25) is 0 Å². The van der Waals surface area contributed by atoms with Gasteiger partial charge in [0, 0.05) is 48.5 Å². The van der Waals surface area contributed by atoms with Crippen molar-refractivity contribution in [3.05, 3.63) is 65.3 Å². The molecule has 1 saturated heterocycles. The molecule has 27 heavy (non-hydrogen) atoms. The number of benzene rings is 2. The fraction of sp³-hybridized carbons (Fsp3) is 0.286. The van der Waals surface area contributed by atoms with Crippen molar-refractivity contribution in [2.75, 3.05) is 37.6 Å². The average Bonchev–Trinajstić information content (AvgIpc) is 3.17. The number of piperazine rings is 1. The van der Waals surface area contributed by atoms with E-state index in [2.05, 4.69) is 44.8 Å². The molecule has 0 bridgehead atoms. The molecule has 0 spiro atoms. The molecule has 2 aromatic carbocycles. The van der Waals surface area contributed by atoms with E-state index < -0.39 is 0 Å². The highest BCUT2D eigenvalue weighted by Gasteiger charge is 2.20. The Balaban J connectivity index is 1.27. The zero-order chi connectivity index (χ0) is 18.6. The van der Waals surface area contributed by atoms with Crippen molar-refractivity contribution in [2.45, 2.75) is 6.54 Å². The normalized spacial score (nSPS) is 15.2. The van der Waals surface area contributed by atoms with Gasteiger partial charge in [-0.3, -0.25) is 9.69 Å². The summed E-state index contributed by atoms with van der Waals surface area (Å²) in [4.78, 5) is 16.8. The van der Waals surface area contributed by atoms with Crippen LogP contribution in [-0.2, 0) is 11.3 Å². The summed E-state index contributed by atoms with van der Waals surface area (Å²) >= 11 is 1.77. The Kier molecular flexibility index (Phi) is 5.36. The van der Waals surface area contributed by atoms with Gasteiger partial charge in [-0.25, -0.2) is 4.39 Å². The lowest BCUT2D eigenvalue weighted by atomic mass is 10.2. The first kappa shape index (κ1) is 17.9. The maximum Gasteiger partial charge on any atom is 0.234 e. The number of carbonyl (C=O) groups is 1. The quantitative estimate of drug-likeness (QED) is 0.733. The Morgan fingerprint density at radius 3 is 2.59 bits per heavy atom. The zero-order valence-corrected chi connectivity index (χ0v) is 15.8. The van der Waals surface area contributed by atoms with Gasteiger partial charge in [-0.2, -0.15) is 0 Å². The van der Waals surface area contributed by atoms with Crippen LogP contribution in [0.25, 0.3) is 10.1 Å². The van der Waals surface area contributed by atoms with E-state index in [4.69, 9.17) is 0 Å². The molecule has 1 aromatic heterocycles. The third-order valence-corrected chi connectivity index (χ3v) is 5.84. The molecule has 4 rings (SSSR count). The molecule has 6 heteroatoms. The second-order valence-electron chi connectivity index (χ2n) is 6.78. The molecule has 4 nitrogen and oxygen atoms in total. The molecular formula is C21H22FN3OS. The fourth-order valence-corrected chi connectivity index (χ4v) is 4.27. The molecular weight excluding hydrogens is 361 g/mol. The standard InChI is InChI=1S/C21H22FN3OS/c22-17-6-4-16(5-7-17)14-23-21(26)15-24-9-11-25(12-10-24)19-2-1-3-20-18(19)8-13-27-20/h1-8,13H,9-12,14-15H2,(H,23,26). The van der Waals surface area contributed by atoms with Crippen molar-refractivity contribution in [1.29, 1.82) is 0 Å². The van der Waals surface area contributed by atoms with E-state index in [-0.39, 0.29) is 11.7 Å². The van der Waals surface area contributed by atoms with Gasteiger partial charge in [0.05, 0.1) is 6.54 Å². The number of nitrogens with one attached hydrogen (secondary N) is 1. The molecule has 0 radical (unpaired) electrons. The predicted molar refractivity (Wildman–Crippen MR) is 109 cm³/mol. The lowest BCUT2D eigenvalue weighted by molar-refractivity contribution is -0.122. The van der Waals surface area contributed by atoms with Gasteiger partial charge in [0.2, 0.25) is 5.91 Å². The predicted octanol–water partition coefficient (Wildman–Crippen LogP) is 3.48. The largest absolute Gasteiger partial charge is 0.368 e. The van der Waals surface area contributed by atoms with Crippen LogP contribution in [0.5, 0.6) is 0 Å². The lowest BCUT2D eigenvalue weighted by Crippen LogP contribution is -2.49. The van der Waals surface area contributed by atoms with Crippen LogP contribution in [0.4, 0.5) is 10.1 Å². The van der Waals surface area contributed by atoms with Crippen molar-refractivity contribution < 1.29 is 9.18 Å². The number of fused-ring (bicyclic) bond motifs is 1. The smallest absolute Gasteiger partial charge is 0.234 e. The van der Waals surface area contributed by atoms with Crippen molar-refractivity contribution in [3.8, 4) is 0 Å². The van der Waals surface area contributed by atoms with Crippen LogP contribution < -0.4 is 10.2 Å². The highest BCUT2D eigenvalue weighted by Crippen LogP contribution is 2.31. The van der Waals surface area contributed by atoms with Gasteiger partial charge in [0.1, 0.15) is 5.82 Å². The zero-order valence-electron chi connectivity index (χ0n) is 15.0. The fourth-order valence-electron chi connectivity index (χ4n) is 3.46. The minimum atomic E-state index is -0.263. The summed E-state index contributed by atoms with van der Waals surface area (Å²) in [5.74, 6) is -0.256. The van der Waals surface area contributed by atoms with E-state index in [1.807, 2.05) is 0 Å². The van der Waals surface area contributed by atoms with Crippen LogP contribution in [0, 0.1) is 5.82 Å². The van der Waals surface area contributed by atoms with E-state index in [1.54, 1.807) is 23.5 Å². The third kappa shape index (κ3) is 4.28. The number of amides is 1. The topological polar surface area (TPSA) is 35.6 Å². The summed E-state index contributed by atoms with van der Waals surface area (Å²) in [7, 11) is 0. The highest BCUT2D eigenvalue weighted by atomic mass is 32.1. The monoisotopic (exact) mass is 383 g/mol. The van der Waals surface area contributed by atoms with E-state index in [1.165, 1.54) is 27.9 Å². The Hall–Kier alpha value is -2.44. The molecule has 2 heterocycles. The second-order valence-corrected chi connectivity index (χ2v) is 7.72. The molecule has 140 valence electrons. The lowest BCUT2D eigenvalue weighted by Gasteiger charge is -2.36. The first-order chi connectivity index (χ1) is 13.2. The summed E-state index contributed by atoms with van der Waals surface area (Å²) in [5.41, 5.74) is 2.19. The summed E-state index contributed by atoms with van der Waals surface area (Å²) in [6.07, 6.45) is 0. The Morgan fingerprint density at radius 2 is 1.81 bits per heavy atom. The molecule has 3 aromatic rings. The number of rotatable bonds is 5. The van der Waals surface area contributed by atoms with Crippen LogP contribution >= 0.6 is 11.3 Å². The summed E-state index contributed by atoms with van der Waals surface area (Å²) < 4.78 is 14.2. The van der Waals surface area contributed by atoms with Crippen molar-refractivity contribution in [3.63, 3.8) is 0 Å². The van der Waals surface area contributed by atoms with Gasteiger partial charge in [-0.1, -0.05) is 18.2 Å². The van der Waals surface area contributed by atoms with E-state index in [9.17, 15) is 9.18 Å². The minimum Gasteiger partial charge on any atom is -0.368 e. The van der Waals surface area contributed by atoms with Crippen LogP contribution in [0.1, 0.15) is 5.56 Å². The highest BCUT2D eigenvalue weighted by molar-refractivity contribution is 7.17. The minimum absolute atomic E-state index is 0.00714. The maximum absolute atomic E-state index is 12.9. The molecule has 1 amide bonds. The number of thiophene rings is 1. The Labute approximate surface area is 162 Å². The van der Waals surface area contributed by atoms with Crippen LogP contribution in [0.15, 0.2) is 53.9 Å². The molecule has 0 atom stereocenters. The van der Waals surface area contributed by atoms with Crippen molar-refractivity contribution in [2.24, 2.45) is 0 Å². The van der Waals surface area contributed by atoms with Crippen LogP contribution in [0.3, 0.4) is 0 Å². The third-order valence-electron chi connectivity index (χ3n) is 4.96. The maximum atomic E-state index is 12.9. The molecule has 0 aliphatic carbocycles. The number of nitrogens with zero attached hydrogens (tertiary/aromatic N) is 2. The molecule has 1 aliphatic heterocycles. The number of anilines is 1. The van der Waals surface area contributed by atoms with Gasteiger partial charge in [0.25, 0.3) is 0 Å². The van der Waals surface area contributed by atoms with Gasteiger partial charge in [0.15, 0.2) is 0 Å². The number of hydrogen-bond acceptors (Lipinski definition) is 4. The Morgan fingerprint density at radius 1 is 1.04 bits per heavy atom. The van der Waals surface area contributed by atoms with Gasteiger partial charge in [-0.15, -0.1) is 11.3 Å². The molecule has 1 N–H and O–H groups in total. The van der Waals surface area contributed by atoms with Crippen LogP contribution in [-0.4, -0.2) is 43.5 Å². The molecule has 0 unspecified atom stereocenters. The van der Waals surface area contributed by atoms with E-state index in [0.29, 0.717) is 13.1 Å². The molecule has 1 fully saturated rings. The average molecular weight is 383 g/mol. The number of hydrogen-bond donors (Lipinski definition) is 1. The summed E-state index contributed by atoms with van der Waals surface area (Å²) in [6.45, 7) is 4.40. The molecule has 1 aliphatic rings. The van der Waals surface area contributed by atoms with E-state index in [0.717, 1.165) is 31.7 Å². The van der Waals surface area contributed by atoms with Gasteiger partial charge in [-0.05, 0) is 41.3 Å². The SMILES string of the molecule is O=C(CN1CCN(c2cccc3sccc23)CC1)NCc1ccc(F)cc1. The summed E-state index contributed by atoms with van der Waals surface area (Å²) in [5, 5.41) is 6.36. The van der Waals surface area contributed by atoms with Crippen molar-refractivity contribution >= 4 is 33.0 Å². The van der Waals surface area contributed by atoms with E-state index >= 15 is 0 Å². The molecule has 0 saturated carbocycles. The summed E-state index contributed by atoms with van der Waals surface area (Å²) in [6, 6.07) is 14.8. The number of carbonyl (C=O) groups excluding carboxylic acids is 1. The Bertz CT molecular complexity index is 917. The number of halogens is 1. The van der Waals surface area contributed by atoms with Crippen molar-refractivity contribution in [1.82, 2.24) is 10.2 Å². The van der Waals surface area contributed by atoms with Gasteiger partial charge >= 0.3 is 0 Å².